The normalized spacial score (nSPS) is 24.6. The summed E-state index contributed by atoms with van der Waals surface area (Å²) in [5.74, 6) is -2.54. The molecule has 1 saturated heterocycles. The van der Waals surface area contributed by atoms with E-state index in [1.165, 1.54) is 0 Å². The molecule has 1 aliphatic heterocycles. The van der Waals surface area contributed by atoms with Gasteiger partial charge in [0, 0.05) is 0 Å². The molecular formula is C27H45NO10. The second kappa shape index (κ2) is 12.0. The van der Waals surface area contributed by atoms with Crippen molar-refractivity contribution in [3.8, 4) is 0 Å². The predicted molar refractivity (Wildman–Crippen MR) is 136 cm³/mol. The molecule has 218 valence electrons. The molecule has 0 radical (unpaired) electrons. The molecule has 0 aliphatic carbocycles. The van der Waals surface area contributed by atoms with Crippen LogP contribution in [0.1, 0.15) is 83.1 Å². The maximum absolute atomic E-state index is 13.0. The summed E-state index contributed by atoms with van der Waals surface area (Å²) < 4.78 is 28.7. The van der Waals surface area contributed by atoms with Gasteiger partial charge in [0.05, 0.1) is 21.7 Å². The van der Waals surface area contributed by atoms with E-state index in [4.69, 9.17) is 23.7 Å². The van der Waals surface area contributed by atoms with Crippen LogP contribution in [-0.2, 0) is 47.7 Å². The van der Waals surface area contributed by atoms with Gasteiger partial charge in [-0.15, -0.1) is 0 Å². The van der Waals surface area contributed by atoms with E-state index in [1.54, 1.807) is 83.1 Å². The topological polar surface area (TPSA) is 144 Å². The summed E-state index contributed by atoms with van der Waals surface area (Å²) in [7, 11) is 0. The third kappa shape index (κ3) is 9.25. The van der Waals surface area contributed by atoms with E-state index in [1.807, 2.05) is 0 Å². The molecule has 1 N–H and O–H groups in total. The van der Waals surface area contributed by atoms with Crippen LogP contribution in [0.25, 0.3) is 0 Å². The summed E-state index contributed by atoms with van der Waals surface area (Å²) in [5, 5.41) is 2.43. The zero-order valence-electron chi connectivity index (χ0n) is 24.8. The number of ether oxygens (including phenoxy) is 5. The van der Waals surface area contributed by atoms with Gasteiger partial charge >= 0.3 is 23.9 Å². The van der Waals surface area contributed by atoms with Gasteiger partial charge in [0.2, 0.25) is 6.41 Å². The second-order valence-corrected chi connectivity index (χ2v) is 13.6. The fraction of sp³-hybridized carbons (Fsp3) is 0.815. The van der Waals surface area contributed by atoms with Crippen LogP contribution in [0, 0.1) is 21.7 Å². The molecule has 1 fully saturated rings. The van der Waals surface area contributed by atoms with Gasteiger partial charge in [-0.1, -0.05) is 0 Å². The number of amides is 1. The number of hydrogen-bond acceptors (Lipinski definition) is 10. The molecule has 1 rings (SSSR count). The van der Waals surface area contributed by atoms with Crippen molar-refractivity contribution in [2.45, 2.75) is 114 Å². The van der Waals surface area contributed by atoms with Gasteiger partial charge < -0.3 is 29.0 Å². The van der Waals surface area contributed by atoms with Crippen molar-refractivity contribution in [1.29, 1.82) is 0 Å². The van der Waals surface area contributed by atoms with Gasteiger partial charge in [-0.2, -0.15) is 0 Å². The van der Waals surface area contributed by atoms with Crippen LogP contribution >= 0.6 is 0 Å². The number of esters is 4. The molecule has 1 aliphatic rings. The first kappa shape index (κ1) is 33.3. The van der Waals surface area contributed by atoms with Crippen molar-refractivity contribution in [2.75, 3.05) is 6.61 Å². The Morgan fingerprint density at radius 3 is 1.37 bits per heavy atom. The zero-order chi connectivity index (χ0) is 29.9. The minimum absolute atomic E-state index is 0.338. The minimum Gasteiger partial charge on any atom is -0.462 e. The second-order valence-electron chi connectivity index (χ2n) is 13.6. The summed E-state index contributed by atoms with van der Waals surface area (Å²) in [6.45, 7) is 19.3. The monoisotopic (exact) mass is 543 g/mol. The summed E-state index contributed by atoms with van der Waals surface area (Å²) in [5.41, 5.74) is -3.73. The molecule has 11 nitrogen and oxygen atoms in total. The zero-order valence-corrected chi connectivity index (χ0v) is 24.8. The molecule has 0 bridgehead atoms. The van der Waals surface area contributed by atoms with Crippen LogP contribution in [0.15, 0.2) is 0 Å². The Labute approximate surface area is 225 Å². The van der Waals surface area contributed by atoms with Gasteiger partial charge in [-0.3, -0.25) is 24.0 Å². The van der Waals surface area contributed by atoms with Crippen molar-refractivity contribution in [3.05, 3.63) is 0 Å². The van der Waals surface area contributed by atoms with Gasteiger partial charge in [-0.25, -0.2) is 0 Å². The lowest BCUT2D eigenvalue weighted by atomic mass is 9.92. The fourth-order valence-electron chi connectivity index (χ4n) is 2.93. The molecule has 0 unspecified atom stereocenters. The fourth-order valence-corrected chi connectivity index (χ4v) is 2.93. The smallest absolute Gasteiger partial charge is 0.311 e. The van der Waals surface area contributed by atoms with E-state index in [2.05, 4.69) is 5.32 Å². The van der Waals surface area contributed by atoms with Crippen LogP contribution in [0.2, 0.25) is 0 Å². The lowest BCUT2D eigenvalue weighted by molar-refractivity contribution is -0.263. The third-order valence-corrected chi connectivity index (χ3v) is 5.42. The Kier molecular flexibility index (Phi) is 10.5. The molecular weight excluding hydrogens is 498 g/mol. The molecule has 1 heterocycles. The van der Waals surface area contributed by atoms with Crippen LogP contribution in [0.4, 0.5) is 0 Å². The molecule has 1 amide bonds. The van der Waals surface area contributed by atoms with Gasteiger partial charge in [0.1, 0.15) is 12.7 Å². The van der Waals surface area contributed by atoms with E-state index < -0.39 is 82.8 Å². The minimum atomic E-state index is -1.40. The lowest BCUT2D eigenvalue weighted by Gasteiger charge is -2.45. The molecule has 0 aromatic heterocycles. The van der Waals surface area contributed by atoms with Crippen LogP contribution in [0.3, 0.4) is 0 Å². The quantitative estimate of drug-likeness (QED) is 0.289. The summed E-state index contributed by atoms with van der Waals surface area (Å²) in [6, 6.07) is 0. The summed E-state index contributed by atoms with van der Waals surface area (Å²) in [6.07, 6.45) is -6.27. The Bertz CT molecular complexity index is 885. The van der Waals surface area contributed by atoms with Crippen LogP contribution < -0.4 is 5.32 Å². The first-order chi connectivity index (χ1) is 17.0. The van der Waals surface area contributed by atoms with E-state index in [9.17, 15) is 24.0 Å². The van der Waals surface area contributed by atoms with E-state index >= 15 is 0 Å². The number of nitrogens with one attached hydrogen (secondary N) is 1. The average Bonchev–Trinajstić information content (AvgIpc) is 2.73. The lowest BCUT2D eigenvalue weighted by Crippen LogP contribution is -2.66. The standard InChI is InChI=1S/C27H45NO10/c1-24(2,3)20(30)34-13-15-16(36-21(31)25(4,5)6)17(37-22(32)26(7,8)9)18(19(35-15)28-14-29)38-23(33)27(10,11)12/h14-19H,13H2,1-12H3,(H,28,29)/t15-,16+,17+,18-,19-/m1/s1. The van der Waals surface area contributed by atoms with Crippen molar-refractivity contribution >= 4 is 30.3 Å². The Hall–Kier alpha value is -2.69. The molecule has 38 heavy (non-hydrogen) atoms. The van der Waals surface area contributed by atoms with Crippen molar-refractivity contribution < 1.29 is 47.7 Å². The van der Waals surface area contributed by atoms with Crippen molar-refractivity contribution in [1.82, 2.24) is 5.32 Å². The van der Waals surface area contributed by atoms with Crippen LogP contribution in [0.5, 0.6) is 0 Å². The largest absolute Gasteiger partial charge is 0.462 e. The van der Waals surface area contributed by atoms with Gasteiger partial charge in [0.15, 0.2) is 24.5 Å². The molecule has 0 aromatic rings. The van der Waals surface area contributed by atoms with Crippen molar-refractivity contribution in [2.24, 2.45) is 21.7 Å². The Balaban J connectivity index is 3.64. The highest BCUT2D eigenvalue weighted by molar-refractivity contribution is 5.78. The number of carbonyl (C=O) groups excluding carboxylic acids is 5. The van der Waals surface area contributed by atoms with Crippen LogP contribution in [-0.4, -0.2) is 67.5 Å². The molecule has 11 heteroatoms. The molecule has 0 aromatic carbocycles. The van der Waals surface area contributed by atoms with Crippen molar-refractivity contribution in [3.63, 3.8) is 0 Å². The summed E-state index contributed by atoms with van der Waals surface area (Å²) in [4.78, 5) is 62.9. The Morgan fingerprint density at radius 2 is 1.00 bits per heavy atom. The number of rotatable bonds is 7. The Morgan fingerprint density at radius 1 is 0.632 bits per heavy atom. The van der Waals surface area contributed by atoms with Gasteiger partial charge in [-0.05, 0) is 83.1 Å². The summed E-state index contributed by atoms with van der Waals surface area (Å²) >= 11 is 0. The molecule has 5 atom stereocenters. The highest BCUT2D eigenvalue weighted by Crippen LogP contribution is 2.33. The maximum atomic E-state index is 13.0. The number of carbonyl (C=O) groups is 5. The highest BCUT2D eigenvalue weighted by Gasteiger charge is 2.54. The van der Waals surface area contributed by atoms with Gasteiger partial charge in [0.25, 0.3) is 0 Å². The SMILES string of the molecule is CC(C)(C)C(=O)OC[C@H]1O[C@@H](NC=O)[C@H](OC(=O)C(C)(C)C)[C@@H](OC(=O)C(C)(C)C)[C@H]1OC(=O)C(C)(C)C. The maximum Gasteiger partial charge on any atom is 0.311 e. The first-order valence-corrected chi connectivity index (χ1v) is 12.7. The third-order valence-electron chi connectivity index (χ3n) is 5.42. The average molecular weight is 544 g/mol. The predicted octanol–water partition coefficient (Wildman–Crippen LogP) is 2.92. The van der Waals surface area contributed by atoms with E-state index in [0.717, 1.165) is 0 Å². The number of hydrogen-bond donors (Lipinski definition) is 1. The van der Waals surface area contributed by atoms with E-state index in [0.29, 0.717) is 6.41 Å². The molecule has 0 spiro atoms. The first-order valence-electron chi connectivity index (χ1n) is 12.7. The molecule has 0 saturated carbocycles. The highest BCUT2D eigenvalue weighted by atomic mass is 16.7. The van der Waals surface area contributed by atoms with E-state index in [-0.39, 0.29) is 0 Å².